The zero-order valence-electron chi connectivity index (χ0n) is 7.92. The summed E-state index contributed by atoms with van der Waals surface area (Å²) >= 11 is 1.86. The molecule has 0 aliphatic heterocycles. The number of likely N-dealkylation sites (N-methyl/N-ethyl adjacent to an activating group) is 1. The van der Waals surface area contributed by atoms with Gasteiger partial charge in [0.1, 0.15) is 0 Å². The molecule has 0 atom stereocenters. The van der Waals surface area contributed by atoms with Crippen LogP contribution in [0.15, 0.2) is 17.5 Å². The van der Waals surface area contributed by atoms with Gasteiger partial charge in [0, 0.05) is 11.4 Å². The highest BCUT2D eigenvalue weighted by Gasteiger charge is 1.99. The van der Waals surface area contributed by atoms with Gasteiger partial charge in [-0.15, -0.1) is 11.3 Å². The molecule has 2 heteroatoms. The van der Waals surface area contributed by atoms with Gasteiger partial charge >= 0.3 is 0 Å². The smallest absolute Gasteiger partial charge is 0.00579 e. The SMILES string of the molecule is CCN(CC)CCc1cccs1. The fourth-order valence-electron chi connectivity index (χ4n) is 1.26. The Morgan fingerprint density at radius 1 is 1.33 bits per heavy atom. The molecule has 0 spiro atoms. The van der Waals surface area contributed by atoms with Crippen LogP contribution in [-0.4, -0.2) is 24.5 Å². The first kappa shape index (κ1) is 9.75. The Balaban J connectivity index is 2.25. The molecular formula is C10H17NS. The van der Waals surface area contributed by atoms with Crippen LogP contribution in [-0.2, 0) is 6.42 Å². The van der Waals surface area contributed by atoms with Gasteiger partial charge in [0.05, 0.1) is 0 Å². The van der Waals surface area contributed by atoms with Crippen LogP contribution in [0.2, 0.25) is 0 Å². The number of rotatable bonds is 5. The third kappa shape index (κ3) is 2.95. The number of nitrogens with zero attached hydrogens (tertiary/aromatic N) is 1. The van der Waals surface area contributed by atoms with Gasteiger partial charge in [-0.3, -0.25) is 0 Å². The minimum absolute atomic E-state index is 1.17. The lowest BCUT2D eigenvalue weighted by Crippen LogP contribution is -2.25. The van der Waals surface area contributed by atoms with Crippen LogP contribution in [0.3, 0.4) is 0 Å². The molecule has 0 radical (unpaired) electrons. The first-order chi connectivity index (χ1) is 5.86. The fraction of sp³-hybridized carbons (Fsp3) is 0.600. The standard InChI is InChI=1S/C10H17NS/c1-3-11(4-2)8-7-10-6-5-9-12-10/h5-6,9H,3-4,7-8H2,1-2H3. The lowest BCUT2D eigenvalue weighted by Gasteiger charge is -2.16. The molecule has 0 saturated carbocycles. The zero-order chi connectivity index (χ0) is 8.81. The average molecular weight is 183 g/mol. The third-order valence-corrected chi connectivity index (χ3v) is 3.09. The molecule has 0 aliphatic rings. The number of hydrogen-bond acceptors (Lipinski definition) is 2. The summed E-state index contributed by atoms with van der Waals surface area (Å²) in [5.74, 6) is 0. The highest BCUT2D eigenvalue weighted by atomic mass is 32.1. The molecule has 1 aromatic rings. The Morgan fingerprint density at radius 2 is 2.08 bits per heavy atom. The highest BCUT2D eigenvalue weighted by molar-refractivity contribution is 7.09. The first-order valence-corrected chi connectivity index (χ1v) is 5.49. The normalized spacial score (nSPS) is 10.9. The molecule has 1 heterocycles. The van der Waals surface area contributed by atoms with Crippen LogP contribution in [0.5, 0.6) is 0 Å². The van der Waals surface area contributed by atoms with Crippen LogP contribution in [0, 0.1) is 0 Å². The molecule has 0 bridgehead atoms. The molecule has 0 amide bonds. The summed E-state index contributed by atoms with van der Waals surface area (Å²) in [6.07, 6.45) is 1.21. The van der Waals surface area contributed by atoms with Gasteiger partial charge in [-0.05, 0) is 31.0 Å². The molecule has 0 unspecified atom stereocenters. The van der Waals surface area contributed by atoms with E-state index in [0.29, 0.717) is 0 Å². The Bertz CT molecular complexity index is 190. The van der Waals surface area contributed by atoms with Crippen molar-refractivity contribution in [3.8, 4) is 0 Å². The van der Waals surface area contributed by atoms with Crippen LogP contribution < -0.4 is 0 Å². The van der Waals surface area contributed by atoms with Gasteiger partial charge in [0.25, 0.3) is 0 Å². The molecule has 0 fully saturated rings. The van der Waals surface area contributed by atoms with Crippen molar-refractivity contribution in [3.05, 3.63) is 22.4 Å². The summed E-state index contributed by atoms with van der Waals surface area (Å²) in [7, 11) is 0. The summed E-state index contributed by atoms with van der Waals surface area (Å²) in [6.45, 7) is 7.98. The van der Waals surface area contributed by atoms with Gasteiger partial charge in [0.2, 0.25) is 0 Å². The van der Waals surface area contributed by atoms with Crippen LogP contribution in [0.1, 0.15) is 18.7 Å². The molecule has 1 rings (SSSR count). The van der Waals surface area contributed by atoms with Crippen molar-refractivity contribution in [2.45, 2.75) is 20.3 Å². The molecule has 68 valence electrons. The molecule has 12 heavy (non-hydrogen) atoms. The largest absolute Gasteiger partial charge is 0.304 e. The van der Waals surface area contributed by atoms with E-state index in [0.717, 1.165) is 0 Å². The molecule has 0 N–H and O–H groups in total. The van der Waals surface area contributed by atoms with E-state index in [2.05, 4.69) is 36.3 Å². The first-order valence-electron chi connectivity index (χ1n) is 4.61. The van der Waals surface area contributed by atoms with E-state index in [-0.39, 0.29) is 0 Å². The second-order valence-corrected chi connectivity index (χ2v) is 3.89. The Kier molecular flexibility index (Phi) is 4.33. The topological polar surface area (TPSA) is 3.24 Å². The van der Waals surface area contributed by atoms with Crippen LogP contribution in [0.4, 0.5) is 0 Å². The van der Waals surface area contributed by atoms with E-state index >= 15 is 0 Å². The van der Waals surface area contributed by atoms with Crippen molar-refractivity contribution in [3.63, 3.8) is 0 Å². The fourth-order valence-corrected chi connectivity index (χ4v) is 1.96. The minimum Gasteiger partial charge on any atom is -0.304 e. The van der Waals surface area contributed by atoms with E-state index in [4.69, 9.17) is 0 Å². The monoisotopic (exact) mass is 183 g/mol. The third-order valence-electron chi connectivity index (χ3n) is 2.15. The molecule has 1 aromatic heterocycles. The summed E-state index contributed by atoms with van der Waals surface area (Å²) in [5, 5.41) is 2.15. The maximum atomic E-state index is 2.46. The van der Waals surface area contributed by atoms with Gasteiger partial charge in [0.15, 0.2) is 0 Å². The molecule has 0 aromatic carbocycles. The van der Waals surface area contributed by atoms with Gasteiger partial charge < -0.3 is 4.90 Å². The highest BCUT2D eigenvalue weighted by Crippen LogP contribution is 2.09. The minimum atomic E-state index is 1.17. The van der Waals surface area contributed by atoms with E-state index < -0.39 is 0 Å². The molecular weight excluding hydrogens is 166 g/mol. The van der Waals surface area contributed by atoms with Crippen molar-refractivity contribution in [1.82, 2.24) is 4.90 Å². The Labute approximate surface area is 79.0 Å². The second kappa shape index (κ2) is 5.33. The maximum absolute atomic E-state index is 2.46. The van der Waals surface area contributed by atoms with Crippen molar-refractivity contribution in [1.29, 1.82) is 0 Å². The van der Waals surface area contributed by atoms with Crippen molar-refractivity contribution in [2.24, 2.45) is 0 Å². The summed E-state index contributed by atoms with van der Waals surface area (Å²) in [6, 6.07) is 4.34. The van der Waals surface area contributed by atoms with Crippen molar-refractivity contribution in [2.75, 3.05) is 19.6 Å². The lowest BCUT2D eigenvalue weighted by atomic mass is 10.3. The predicted octanol–water partition coefficient (Wildman–Crippen LogP) is 2.63. The Hall–Kier alpha value is -0.340. The summed E-state index contributed by atoms with van der Waals surface area (Å²) in [5.41, 5.74) is 0. The van der Waals surface area contributed by atoms with E-state index in [1.165, 1.54) is 30.9 Å². The van der Waals surface area contributed by atoms with E-state index in [1.807, 2.05) is 11.3 Å². The number of hydrogen-bond donors (Lipinski definition) is 0. The zero-order valence-corrected chi connectivity index (χ0v) is 8.73. The molecule has 1 nitrogen and oxygen atoms in total. The quantitative estimate of drug-likeness (QED) is 0.678. The summed E-state index contributed by atoms with van der Waals surface area (Å²) in [4.78, 5) is 3.96. The molecule has 0 aliphatic carbocycles. The van der Waals surface area contributed by atoms with E-state index in [9.17, 15) is 0 Å². The van der Waals surface area contributed by atoms with Gasteiger partial charge in [-0.1, -0.05) is 19.9 Å². The number of thiophene rings is 1. The Morgan fingerprint density at radius 3 is 2.58 bits per heavy atom. The van der Waals surface area contributed by atoms with Crippen molar-refractivity contribution < 1.29 is 0 Å². The summed E-state index contributed by atoms with van der Waals surface area (Å²) < 4.78 is 0. The molecule has 0 saturated heterocycles. The lowest BCUT2D eigenvalue weighted by molar-refractivity contribution is 0.308. The average Bonchev–Trinajstić information content (AvgIpc) is 2.59. The van der Waals surface area contributed by atoms with Crippen LogP contribution in [0.25, 0.3) is 0 Å². The van der Waals surface area contributed by atoms with E-state index in [1.54, 1.807) is 0 Å². The maximum Gasteiger partial charge on any atom is 0.00579 e. The van der Waals surface area contributed by atoms with Crippen LogP contribution >= 0.6 is 11.3 Å². The van der Waals surface area contributed by atoms with Gasteiger partial charge in [-0.2, -0.15) is 0 Å². The second-order valence-electron chi connectivity index (χ2n) is 2.86. The van der Waals surface area contributed by atoms with Crippen molar-refractivity contribution >= 4 is 11.3 Å². The van der Waals surface area contributed by atoms with Gasteiger partial charge in [-0.25, -0.2) is 0 Å². The predicted molar refractivity (Wildman–Crippen MR) is 55.8 cm³/mol.